The van der Waals surface area contributed by atoms with E-state index >= 15 is 0 Å². The van der Waals surface area contributed by atoms with Crippen LogP contribution in [0.15, 0.2) is 41.8 Å². The third kappa shape index (κ3) is 3.68. The molecule has 0 aliphatic rings. The first-order valence-corrected chi connectivity index (χ1v) is 6.71. The molecule has 0 spiro atoms. The molecule has 0 bridgehead atoms. The van der Waals surface area contributed by atoms with E-state index in [1.807, 2.05) is 48.8 Å². The van der Waals surface area contributed by atoms with Crippen LogP contribution in [-0.4, -0.2) is 13.0 Å². The summed E-state index contributed by atoms with van der Waals surface area (Å²) in [7, 11) is 1.90. The second-order valence-corrected chi connectivity index (χ2v) is 5.07. The number of hydrogen-bond donors (Lipinski definition) is 2. The molecule has 0 atom stereocenters. The predicted octanol–water partition coefficient (Wildman–Crippen LogP) is 2.65. The average Bonchev–Trinajstić information content (AvgIpc) is 2.82. The van der Waals surface area contributed by atoms with Gasteiger partial charge >= 0.3 is 0 Å². The second-order valence-electron chi connectivity index (χ2n) is 4.04. The third-order valence-corrected chi connectivity index (χ3v) is 3.38. The van der Waals surface area contributed by atoms with Crippen LogP contribution < -0.4 is 10.6 Å². The Morgan fingerprint density at radius 1 is 1.28 bits per heavy atom. The first-order chi connectivity index (χ1) is 8.78. The first-order valence-electron chi connectivity index (χ1n) is 5.83. The summed E-state index contributed by atoms with van der Waals surface area (Å²) in [5.41, 5.74) is 2.01. The van der Waals surface area contributed by atoms with Gasteiger partial charge in [-0.05, 0) is 36.2 Å². The quantitative estimate of drug-likeness (QED) is 0.867. The zero-order valence-electron chi connectivity index (χ0n) is 10.3. The highest BCUT2D eigenvalue weighted by Gasteiger charge is 2.05. The maximum atomic E-state index is 11.8. The summed E-state index contributed by atoms with van der Waals surface area (Å²) in [6, 6.07) is 11.8. The van der Waals surface area contributed by atoms with Gasteiger partial charge in [-0.15, -0.1) is 11.3 Å². The molecular weight excluding hydrogens is 244 g/mol. The molecule has 2 aromatic rings. The van der Waals surface area contributed by atoms with Gasteiger partial charge < -0.3 is 10.6 Å². The van der Waals surface area contributed by atoms with Crippen LogP contribution >= 0.6 is 11.3 Å². The van der Waals surface area contributed by atoms with Gasteiger partial charge in [-0.1, -0.05) is 18.2 Å². The Bertz CT molecular complexity index is 508. The Morgan fingerprint density at radius 3 is 2.89 bits per heavy atom. The summed E-state index contributed by atoms with van der Waals surface area (Å²) < 4.78 is 0. The normalized spacial score (nSPS) is 10.3. The SMILES string of the molecule is CNCc1cccc(NC(=O)Cc2cccs2)c1. The van der Waals surface area contributed by atoms with E-state index in [-0.39, 0.29) is 5.91 Å². The van der Waals surface area contributed by atoms with Gasteiger partial charge in [0.25, 0.3) is 0 Å². The minimum atomic E-state index is 0.0269. The zero-order chi connectivity index (χ0) is 12.8. The number of anilines is 1. The molecule has 1 aromatic carbocycles. The highest BCUT2D eigenvalue weighted by Crippen LogP contribution is 2.13. The highest BCUT2D eigenvalue weighted by molar-refractivity contribution is 7.10. The second kappa shape index (κ2) is 6.33. The monoisotopic (exact) mass is 260 g/mol. The van der Waals surface area contributed by atoms with Crippen molar-refractivity contribution in [2.75, 3.05) is 12.4 Å². The predicted molar refractivity (Wildman–Crippen MR) is 75.9 cm³/mol. The van der Waals surface area contributed by atoms with Crippen molar-refractivity contribution in [1.29, 1.82) is 0 Å². The van der Waals surface area contributed by atoms with Gasteiger partial charge in [-0.25, -0.2) is 0 Å². The number of carbonyl (C=O) groups excluding carboxylic acids is 1. The Labute approximate surface area is 111 Å². The molecule has 18 heavy (non-hydrogen) atoms. The first kappa shape index (κ1) is 12.8. The molecule has 0 radical (unpaired) electrons. The van der Waals surface area contributed by atoms with E-state index in [2.05, 4.69) is 10.6 Å². The van der Waals surface area contributed by atoms with Gasteiger partial charge in [-0.3, -0.25) is 4.79 Å². The largest absolute Gasteiger partial charge is 0.326 e. The van der Waals surface area contributed by atoms with E-state index in [0.29, 0.717) is 6.42 Å². The fourth-order valence-electron chi connectivity index (χ4n) is 1.74. The number of benzene rings is 1. The summed E-state index contributed by atoms with van der Waals surface area (Å²) in [5, 5.41) is 7.99. The van der Waals surface area contributed by atoms with Gasteiger partial charge in [0.1, 0.15) is 0 Å². The summed E-state index contributed by atoms with van der Waals surface area (Å²) in [5.74, 6) is 0.0269. The van der Waals surface area contributed by atoms with E-state index in [0.717, 1.165) is 22.7 Å². The molecule has 0 saturated heterocycles. The van der Waals surface area contributed by atoms with Crippen LogP contribution in [0, 0.1) is 0 Å². The number of thiophene rings is 1. The minimum absolute atomic E-state index is 0.0269. The van der Waals surface area contributed by atoms with Crippen LogP contribution in [0.4, 0.5) is 5.69 Å². The van der Waals surface area contributed by atoms with Gasteiger partial charge in [0.2, 0.25) is 5.91 Å². The number of hydrogen-bond acceptors (Lipinski definition) is 3. The topological polar surface area (TPSA) is 41.1 Å². The molecule has 0 saturated carbocycles. The van der Waals surface area contributed by atoms with Crippen LogP contribution in [-0.2, 0) is 17.8 Å². The molecule has 4 heteroatoms. The molecule has 0 fully saturated rings. The van der Waals surface area contributed by atoms with E-state index in [9.17, 15) is 4.79 Å². The van der Waals surface area contributed by atoms with Crippen molar-refractivity contribution in [3.8, 4) is 0 Å². The molecule has 1 heterocycles. The average molecular weight is 260 g/mol. The molecule has 2 rings (SSSR count). The van der Waals surface area contributed by atoms with Crippen LogP contribution in [0.3, 0.4) is 0 Å². The number of nitrogens with one attached hydrogen (secondary N) is 2. The maximum absolute atomic E-state index is 11.8. The number of carbonyl (C=O) groups is 1. The van der Waals surface area contributed by atoms with Crippen LogP contribution in [0.5, 0.6) is 0 Å². The Kier molecular flexibility index (Phi) is 4.50. The van der Waals surface area contributed by atoms with E-state index in [1.54, 1.807) is 11.3 Å². The fourth-order valence-corrected chi connectivity index (χ4v) is 2.44. The summed E-state index contributed by atoms with van der Waals surface area (Å²) >= 11 is 1.60. The zero-order valence-corrected chi connectivity index (χ0v) is 11.1. The summed E-state index contributed by atoms with van der Waals surface area (Å²) in [4.78, 5) is 12.9. The highest BCUT2D eigenvalue weighted by atomic mass is 32.1. The van der Waals surface area contributed by atoms with Crippen molar-refractivity contribution < 1.29 is 4.79 Å². The minimum Gasteiger partial charge on any atom is -0.326 e. The van der Waals surface area contributed by atoms with Crippen LogP contribution in [0.2, 0.25) is 0 Å². The fraction of sp³-hybridized carbons (Fsp3) is 0.214. The number of amides is 1. The Hall–Kier alpha value is -1.65. The molecule has 1 aromatic heterocycles. The van der Waals surface area contributed by atoms with Gasteiger partial charge in [0.15, 0.2) is 0 Å². The molecular formula is C14H16N2OS. The number of rotatable bonds is 5. The molecule has 2 N–H and O–H groups in total. The third-order valence-electron chi connectivity index (χ3n) is 2.51. The molecule has 0 unspecified atom stereocenters. The lowest BCUT2D eigenvalue weighted by Gasteiger charge is -2.06. The van der Waals surface area contributed by atoms with Crippen molar-refractivity contribution in [2.24, 2.45) is 0 Å². The molecule has 0 aliphatic carbocycles. The summed E-state index contributed by atoms with van der Waals surface area (Å²) in [6.45, 7) is 0.800. The van der Waals surface area contributed by atoms with E-state index < -0.39 is 0 Å². The lowest BCUT2D eigenvalue weighted by molar-refractivity contribution is -0.115. The van der Waals surface area contributed by atoms with E-state index in [4.69, 9.17) is 0 Å². The van der Waals surface area contributed by atoms with Crippen LogP contribution in [0.1, 0.15) is 10.4 Å². The smallest absolute Gasteiger partial charge is 0.229 e. The van der Waals surface area contributed by atoms with Crippen molar-refractivity contribution in [1.82, 2.24) is 5.32 Å². The lowest BCUT2D eigenvalue weighted by Crippen LogP contribution is -2.14. The van der Waals surface area contributed by atoms with Gasteiger partial charge in [0.05, 0.1) is 6.42 Å². The molecule has 1 amide bonds. The van der Waals surface area contributed by atoms with Crippen molar-refractivity contribution >= 4 is 22.9 Å². The van der Waals surface area contributed by atoms with E-state index in [1.165, 1.54) is 0 Å². The maximum Gasteiger partial charge on any atom is 0.229 e. The molecule has 94 valence electrons. The Balaban J connectivity index is 1.96. The lowest BCUT2D eigenvalue weighted by atomic mass is 10.2. The van der Waals surface area contributed by atoms with Crippen molar-refractivity contribution in [3.63, 3.8) is 0 Å². The van der Waals surface area contributed by atoms with Crippen LogP contribution in [0.25, 0.3) is 0 Å². The van der Waals surface area contributed by atoms with Gasteiger partial charge in [0, 0.05) is 17.1 Å². The van der Waals surface area contributed by atoms with Crippen molar-refractivity contribution in [3.05, 3.63) is 52.2 Å². The standard InChI is InChI=1S/C14H16N2OS/c1-15-10-11-4-2-5-12(8-11)16-14(17)9-13-6-3-7-18-13/h2-8,15H,9-10H2,1H3,(H,16,17). The molecule has 3 nitrogen and oxygen atoms in total. The van der Waals surface area contributed by atoms with Gasteiger partial charge in [-0.2, -0.15) is 0 Å². The van der Waals surface area contributed by atoms with Crippen molar-refractivity contribution in [2.45, 2.75) is 13.0 Å². The molecule has 0 aliphatic heterocycles. The Morgan fingerprint density at radius 2 is 2.17 bits per heavy atom. The summed E-state index contributed by atoms with van der Waals surface area (Å²) in [6.07, 6.45) is 0.438.